The molecule has 0 bridgehead atoms. The fraction of sp³-hybridized carbons (Fsp3) is 0.105. The van der Waals surface area contributed by atoms with E-state index in [1.807, 2.05) is 30.3 Å². The highest BCUT2D eigenvalue weighted by atomic mass is 16.5. The molecule has 2 heteroatoms. The van der Waals surface area contributed by atoms with Crippen LogP contribution in [0.1, 0.15) is 28.4 Å². The maximum atomic E-state index is 12.0. The molecule has 0 saturated carbocycles. The van der Waals surface area contributed by atoms with Crippen molar-refractivity contribution in [2.24, 2.45) is 0 Å². The average molecular weight is 274 g/mol. The van der Waals surface area contributed by atoms with Crippen molar-refractivity contribution in [3.05, 3.63) is 65.2 Å². The Morgan fingerprint density at radius 1 is 1.05 bits per heavy atom. The highest BCUT2D eigenvalue weighted by Crippen LogP contribution is 2.17. The zero-order valence-corrected chi connectivity index (χ0v) is 11.9. The quantitative estimate of drug-likeness (QED) is 0.477. The van der Waals surface area contributed by atoms with Crippen molar-refractivity contribution in [2.75, 3.05) is 7.11 Å². The van der Waals surface area contributed by atoms with Crippen molar-refractivity contribution in [2.45, 2.75) is 6.92 Å². The number of ketones is 1. The Morgan fingerprint density at radius 3 is 2.48 bits per heavy atom. The molecule has 0 aliphatic rings. The lowest BCUT2D eigenvalue weighted by Crippen LogP contribution is -2.00. The van der Waals surface area contributed by atoms with Crippen LogP contribution in [0.4, 0.5) is 0 Å². The Kier molecular flexibility index (Phi) is 4.80. The van der Waals surface area contributed by atoms with Gasteiger partial charge in [-0.25, -0.2) is 0 Å². The smallest absolute Gasteiger partial charge is 0.237 e. The molecule has 0 fully saturated rings. The van der Waals surface area contributed by atoms with Gasteiger partial charge in [-0.05, 0) is 43.2 Å². The van der Waals surface area contributed by atoms with Gasteiger partial charge in [0.1, 0.15) is 5.75 Å². The number of hydrogen-bond acceptors (Lipinski definition) is 2. The lowest BCUT2D eigenvalue weighted by molar-refractivity contribution is 0.105. The molecular weight excluding hydrogens is 260 g/mol. The zero-order valence-electron chi connectivity index (χ0n) is 11.9. The molecule has 0 radical (unpaired) electrons. The first-order valence-electron chi connectivity index (χ1n) is 6.47. The number of methoxy groups -OCH3 is 1. The third-order valence-electron chi connectivity index (χ3n) is 2.83. The van der Waals surface area contributed by atoms with Gasteiger partial charge in [-0.3, -0.25) is 4.79 Å². The number of benzene rings is 2. The van der Waals surface area contributed by atoms with Crippen molar-refractivity contribution >= 4 is 5.78 Å². The van der Waals surface area contributed by atoms with Crippen molar-refractivity contribution in [3.63, 3.8) is 0 Å². The number of carbonyl (C=O) groups excluding carboxylic acids is 1. The van der Waals surface area contributed by atoms with Crippen LogP contribution in [0.5, 0.6) is 5.75 Å². The Balaban J connectivity index is 2.45. The van der Waals surface area contributed by atoms with E-state index >= 15 is 0 Å². The summed E-state index contributed by atoms with van der Waals surface area (Å²) < 4.78 is 5.15. The molecule has 2 nitrogen and oxygen atoms in total. The highest BCUT2D eigenvalue weighted by Gasteiger charge is 2.09. The Labute approximate surface area is 124 Å². The number of ether oxygens (including phenoxy) is 1. The average Bonchev–Trinajstić information content (AvgIpc) is 2.54. The first kappa shape index (κ1) is 14.4. The molecule has 0 aliphatic carbocycles. The first-order chi connectivity index (χ1) is 10.2. The summed E-state index contributed by atoms with van der Waals surface area (Å²) in [6.07, 6.45) is 0. The van der Waals surface area contributed by atoms with Gasteiger partial charge in [0, 0.05) is 11.1 Å². The van der Waals surface area contributed by atoms with Crippen LogP contribution in [0.25, 0.3) is 0 Å². The minimum atomic E-state index is -0.256. The number of hydrogen-bond donors (Lipinski definition) is 0. The van der Waals surface area contributed by atoms with Crippen LogP contribution in [0.2, 0.25) is 0 Å². The SMILES string of the molecule is CC#CC(=O)c1cc(OC)ccc1C#Cc1ccccc1. The summed E-state index contributed by atoms with van der Waals surface area (Å²) in [6.45, 7) is 1.63. The summed E-state index contributed by atoms with van der Waals surface area (Å²) >= 11 is 0. The molecule has 0 atom stereocenters. The molecule has 0 aliphatic heterocycles. The van der Waals surface area contributed by atoms with Crippen LogP contribution in [-0.4, -0.2) is 12.9 Å². The van der Waals surface area contributed by atoms with Gasteiger partial charge in [0.05, 0.1) is 12.7 Å². The summed E-state index contributed by atoms with van der Waals surface area (Å²) in [6, 6.07) is 14.9. The zero-order chi connectivity index (χ0) is 15.1. The molecule has 2 aromatic rings. The lowest BCUT2D eigenvalue weighted by atomic mass is 10.0. The largest absolute Gasteiger partial charge is 0.497 e. The molecule has 0 unspecified atom stereocenters. The van der Waals surface area contributed by atoms with Gasteiger partial charge in [0.25, 0.3) is 0 Å². The minimum absolute atomic E-state index is 0.256. The van der Waals surface area contributed by atoms with Crippen molar-refractivity contribution in [1.82, 2.24) is 0 Å². The highest BCUT2D eigenvalue weighted by molar-refractivity contribution is 6.10. The van der Waals surface area contributed by atoms with Gasteiger partial charge in [-0.2, -0.15) is 0 Å². The Bertz CT molecular complexity index is 766. The van der Waals surface area contributed by atoms with Crippen LogP contribution in [0, 0.1) is 23.7 Å². The normalized spacial score (nSPS) is 8.86. The second-order valence-electron chi connectivity index (χ2n) is 4.23. The maximum Gasteiger partial charge on any atom is 0.237 e. The second kappa shape index (κ2) is 6.98. The maximum absolute atomic E-state index is 12.0. The summed E-state index contributed by atoms with van der Waals surface area (Å²) in [7, 11) is 1.56. The summed E-state index contributed by atoms with van der Waals surface area (Å²) in [5, 5.41) is 0. The van der Waals surface area contributed by atoms with Crippen LogP contribution >= 0.6 is 0 Å². The third kappa shape index (κ3) is 3.75. The molecule has 102 valence electrons. The van der Waals surface area contributed by atoms with Gasteiger partial charge < -0.3 is 4.74 Å². The molecule has 0 amide bonds. The topological polar surface area (TPSA) is 26.3 Å². The Hall–Kier alpha value is -2.97. The molecule has 2 aromatic carbocycles. The van der Waals surface area contributed by atoms with Crippen LogP contribution in [-0.2, 0) is 0 Å². The summed E-state index contributed by atoms with van der Waals surface area (Å²) in [5.41, 5.74) is 2.01. The molecule has 0 N–H and O–H groups in total. The van der Waals surface area contributed by atoms with Gasteiger partial charge in [-0.15, -0.1) is 0 Å². The molecule has 0 saturated heterocycles. The van der Waals surface area contributed by atoms with E-state index in [2.05, 4.69) is 23.7 Å². The van der Waals surface area contributed by atoms with Crippen LogP contribution in [0.15, 0.2) is 48.5 Å². The Morgan fingerprint density at radius 2 is 1.81 bits per heavy atom. The fourth-order valence-electron chi connectivity index (χ4n) is 1.79. The van der Waals surface area contributed by atoms with Crippen LogP contribution < -0.4 is 4.74 Å². The van der Waals surface area contributed by atoms with Crippen molar-refractivity contribution in [1.29, 1.82) is 0 Å². The predicted octanol–water partition coefficient (Wildman–Crippen LogP) is 3.30. The third-order valence-corrected chi connectivity index (χ3v) is 2.83. The van der Waals surface area contributed by atoms with E-state index < -0.39 is 0 Å². The van der Waals surface area contributed by atoms with E-state index in [1.165, 1.54) is 0 Å². The predicted molar refractivity (Wildman–Crippen MR) is 83.2 cm³/mol. The van der Waals surface area contributed by atoms with E-state index in [9.17, 15) is 4.79 Å². The monoisotopic (exact) mass is 274 g/mol. The minimum Gasteiger partial charge on any atom is -0.497 e. The van der Waals surface area contributed by atoms with Gasteiger partial charge in [-0.1, -0.05) is 36.0 Å². The van der Waals surface area contributed by atoms with Crippen molar-refractivity contribution in [3.8, 4) is 29.4 Å². The lowest BCUT2D eigenvalue weighted by Gasteiger charge is -2.03. The second-order valence-corrected chi connectivity index (χ2v) is 4.23. The molecule has 0 heterocycles. The van der Waals surface area contributed by atoms with Gasteiger partial charge >= 0.3 is 0 Å². The van der Waals surface area contributed by atoms with E-state index in [-0.39, 0.29) is 5.78 Å². The number of rotatable bonds is 2. The van der Waals surface area contributed by atoms with E-state index in [4.69, 9.17) is 4.74 Å². The van der Waals surface area contributed by atoms with Gasteiger partial charge in [0.2, 0.25) is 5.78 Å². The summed E-state index contributed by atoms with van der Waals surface area (Å²) in [5.74, 6) is 11.6. The first-order valence-corrected chi connectivity index (χ1v) is 6.47. The van der Waals surface area contributed by atoms with Gasteiger partial charge in [0.15, 0.2) is 0 Å². The molecule has 2 rings (SSSR count). The van der Waals surface area contributed by atoms with E-state index in [0.717, 1.165) is 5.56 Å². The van der Waals surface area contributed by atoms with Crippen molar-refractivity contribution < 1.29 is 9.53 Å². The molecule has 0 spiro atoms. The summed E-state index contributed by atoms with van der Waals surface area (Å²) in [4.78, 5) is 12.0. The molecule has 0 aromatic heterocycles. The van der Waals surface area contributed by atoms with E-state index in [1.54, 1.807) is 32.2 Å². The number of Topliss-reactive ketones (excluding diaryl/α,β-unsaturated/α-hetero) is 1. The molecular formula is C19H14O2. The van der Waals surface area contributed by atoms with E-state index in [0.29, 0.717) is 16.9 Å². The molecule has 21 heavy (non-hydrogen) atoms. The fourth-order valence-corrected chi connectivity index (χ4v) is 1.79. The number of carbonyl (C=O) groups is 1. The standard InChI is InChI=1S/C19H14O2/c1-3-7-19(20)18-14-17(21-2)13-12-16(18)11-10-15-8-5-4-6-9-15/h4-6,8-9,12-14H,1-2H3. The van der Waals surface area contributed by atoms with Crippen LogP contribution in [0.3, 0.4) is 0 Å².